The number of nitrogens with one attached hydrogen (secondary N) is 1. The molecule has 3 nitrogen and oxygen atoms in total. The van der Waals surface area contributed by atoms with Crippen molar-refractivity contribution in [3.63, 3.8) is 0 Å². The molecule has 0 aromatic heterocycles. The topological polar surface area (TPSA) is 18.5 Å². The second kappa shape index (κ2) is 10.5. The van der Waals surface area contributed by atoms with Gasteiger partial charge in [0.05, 0.1) is 0 Å². The van der Waals surface area contributed by atoms with Gasteiger partial charge in [0, 0.05) is 38.8 Å². The fourth-order valence-corrected chi connectivity index (χ4v) is 4.66. The summed E-state index contributed by atoms with van der Waals surface area (Å²) in [6.45, 7) is 17.5. The number of nitrogens with zero attached hydrogens (tertiary/aromatic N) is 2. The van der Waals surface area contributed by atoms with Gasteiger partial charge in [0.1, 0.15) is 0 Å². The Morgan fingerprint density at radius 2 is 1.43 bits per heavy atom. The second-order valence-electron chi connectivity index (χ2n) is 7.61. The molecule has 0 aromatic carbocycles. The van der Waals surface area contributed by atoms with Gasteiger partial charge in [-0.15, -0.1) is 13.2 Å². The molecule has 1 aliphatic carbocycles. The van der Waals surface area contributed by atoms with Gasteiger partial charge in [-0.2, -0.15) is 0 Å². The third-order valence-corrected chi connectivity index (χ3v) is 6.29. The largest absolute Gasteiger partial charge is 0.317 e. The highest BCUT2D eigenvalue weighted by atomic mass is 15.3. The quantitative estimate of drug-likeness (QED) is 0.801. The molecule has 0 radical (unpaired) electrons. The first-order chi connectivity index (χ1) is 11.3. The van der Waals surface area contributed by atoms with Gasteiger partial charge in [0.2, 0.25) is 0 Å². The normalized spacial score (nSPS) is 31.3. The molecule has 1 saturated carbocycles. The van der Waals surface area contributed by atoms with E-state index in [-0.39, 0.29) is 0 Å². The first kappa shape index (κ1) is 19.0. The lowest BCUT2D eigenvalue weighted by atomic mass is 9.84. The molecule has 0 unspecified atom stereocenters. The van der Waals surface area contributed by atoms with Crippen molar-refractivity contribution in [3.8, 4) is 0 Å². The number of hydrogen-bond donors (Lipinski definition) is 1. The second-order valence-corrected chi connectivity index (χ2v) is 7.61. The van der Waals surface area contributed by atoms with E-state index >= 15 is 0 Å². The van der Waals surface area contributed by atoms with Gasteiger partial charge in [0.15, 0.2) is 0 Å². The Kier molecular flexibility index (Phi) is 8.63. The Balaban J connectivity index is 0.000000924. The summed E-state index contributed by atoms with van der Waals surface area (Å²) in [6, 6.07) is 0.911. The van der Waals surface area contributed by atoms with Crippen molar-refractivity contribution < 1.29 is 0 Å². The maximum atomic E-state index is 3.48. The van der Waals surface area contributed by atoms with Crippen LogP contribution in [0.1, 0.15) is 51.9 Å². The number of piperazine rings is 1. The van der Waals surface area contributed by atoms with Crippen LogP contribution in [0.5, 0.6) is 0 Å². The predicted octanol–water partition coefficient (Wildman–Crippen LogP) is 3.37. The molecular formula is C20H39N3. The highest BCUT2D eigenvalue weighted by Crippen LogP contribution is 2.30. The van der Waals surface area contributed by atoms with Crippen LogP contribution in [0.4, 0.5) is 0 Å². The zero-order chi connectivity index (χ0) is 16.5. The summed E-state index contributed by atoms with van der Waals surface area (Å²) in [5, 5.41) is 3.48. The van der Waals surface area contributed by atoms with Crippen LogP contribution in [0.15, 0.2) is 13.2 Å². The van der Waals surface area contributed by atoms with Crippen LogP contribution in [0, 0.1) is 11.8 Å². The Bertz CT molecular complexity index is 298. The number of rotatable bonds is 4. The standard InChI is InChI=1S/C18H35N3.C2H4/c1-2-16-3-5-18(6-4-16)21-13-11-20(12-14-21)15-17-7-9-19-10-8-17;1-2/h16-19H,2-15H2,1H3;1-2H2. The molecule has 134 valence electrons. The van der Waals surface area contributed by atoms with E-state index in [4.69, 9.17) is 0 Å². The van der Waals surface area contributed by atoms with E-state index in [9.17, 15) is 0 Å². The summed E-state index contributed by atoms with van der Waals surface area (Å²) in [4.78, 5) is 5.55. The van der Waals surface area contributed by atoms with E-state index in [0.29, 0.717) is 0 Å². The molecule has 0 spiro atoms. The minimum Gasteiger partial charge on any atom is -0.317 e. The Morgan fingerprint density at radius 3 is 2.00 bits per heavy atom. The lowest BCUT2D eigenvalue weighted by molar-refractivity contribution is 0.0606. The van der Waals surface area contributed by atoms with Crippen molar-refractivity contribution in [1.29, 1.82) is 0 Å². The van der Waals surface area contributed by atoms with Crippen LogP contribution in [-0.4, -0.2) is 61.7 Å². The fraction of sp³-hybridized carbons (Fsp3) is 0.900. The zero-order valence-corrected chi connectivity index (χ0v) is 15.4. The van der Waals surface area contributed by atoms with E-state index in [1.54, 1.807) is 0 Å². The summed E-state index contributed by atoms with van der Waals surface area (Å²) in [5.74, 6) is 1.99. The molecular weight excluding hydrogens is 282 g/mol. The van der Waals surface area contributed by atoms with Gasteiger partial charge in [-0.05, 0) is 63.5 Å². The van der Waals surface area contributed by atoms with Crippen LogP contribution in [0.25, 0.3) is 0 Å². The van der Waals surface area contributed by atoms with Gasteiger partial charge in [-0.1, -0.05) is 13.3 Å². The third kappa shape index (κ3) is 5.88. The van der Waals surface area contributed by atoms with Crippen molar-refractivity contribution in [1.82, 2.24) is 15.1 Å². The van der Waals surface area contributed by atoms with Gasteiger partial charge in [0.25, 0.3) is 0 Å². The molecule has 2 aliphatic heterocycles. The van der Waals surface area contributed by atoms with Crippen molar-refractivity contribution in [3.05, 3.63) is 13.2 Å². The minimum absolute atomic E-state index is 0.911. The van der Waals surface area contributed by atoms with E-state index in [1.807, 2.05) is 0 Å². The van der Waals surface area contributed by atoms with Gasteiger partial charge < -0.3 is 10.2 Å². The fourth-order valence-electron chi connectivity index (χ4n) is 4.66. The molecule has 0 bridgehead atoms. The van der Waals surface area contributed by atoms with E-state index < -0.39 is 0 Å². The van der Waals surface area contributed by atoms with Crippen molar-refractivity contribution >= 4 is 0 Å². The lowest BCUT2D eigenvalue weighted by Crippen LogP contribution is -2.52. The average molecular weight is 322 g/mol. The molecule has 3 heteroatoms. The zero-order valence-electron chi connectivity index (χ0n) is 15.4. The SMILES string of the molecule is C=C.CCC1CCC(N2CCN(CC3CCNCC3)CC2)CC1. The van der Waals surface area contributed by atoms with Crippen molar-refractivity contribution in [2.75, 3.05) is 45.8 Å². The third-order valence-electron chi connectivity index (χ3n) is 6.29. The summed E-state index contributed by atoms with van der Waals surface area (Å²) < 4.78 is 0. The van der Waals surface area contributed by atoms with Crippen LogP contribution in [0.2, 0.25) is 0 Å². The molecule has 1 N–H and O–H groups in total. The van der Waals surface area contributed by atoms with Crippen LogP contribution in [0.3, 0.4) is 0 Å². The van der Waals surface area contributed by atoms with Gasteiger partial charge in [-0.3, -0.25) is 4.90 Å². The lowest BCUT2D eigenvalue weighted by Gasteiger charge is -2.43. The average Bonchev–Trinajstić information content (AvgIpc) is 2.65. The highest BCUT2D eigenvalue weighted by molar-refractivity contribution is 4.84. The number of piperidine rings is 1. The van der Waals surface area contributed by atoms with E-state index in [0.717, 1.165) is 17.9 Å². The first-order valence-corrected chi connectivity index (χ1v) is 10.0. The maximum Gasteiger partial charge on any atom is 0.0113 e. The van der Waals surface area contributed by atoms with Crippen molar-refractivity contribution in [2.45, 2.75) is 57.9 Å². The van der Waals surface area contributed by atoms with Crippen LogP contribution in [-0.2, 0) is 0 Å². The van der Waals surface area contributed by atoms with Crippen LogP contribution >= 0.6 is 0 Å². The van der Waals surface area contributed by atoms with Gasteiger partial charge >= 0.3 is 0 Å². The molecule has 0 aromatic rings. The monoisotopic (exact) mass is 321 g/mol. The summed E-state index contributed by atoms with van der Waals surface area (Å²) in [5.41, 5.74) is 0. The van der Waals surface area contributed by atoms with Crippen molar-refractivity contribution in [2.24, 2.45) is 11.8 Å². The molecule has 3 fully saturated rings. The smallest absolute Gasteiger partial charge is 0.0113 e. The molecule has 23 heavy (non-hydrogen) atoms. The molecule has 0 atom stereocenters. The molecule has 2 heterocycles. The molecule has 0 amide bonds. The molecule has 3 rings (SSSR count). The number of hydrogen-bond acceptors (Lipinski definition) is 3. The summed E-state index contributed by atoms with van der Waals surface area (Å²) in [7, 11) is 0. The minimum atomic E-state index is 0.911. The van der Waals surface area contributed by atoms with E-state index in [2.05, 4.69) is 35.2 Å². The molecule has 2 saturated heterocycles. The maximum absolute atomic E-state index is 3.48. The first-order valence-electron chi connectivity index (χ1n) is 10.0. The molecule has 3 aliphatic rings. The Hall–Kier alpha value is -0.380. The highest BCUT2D eigenvalue weighted by Gasteiger charge is 2.28. The Labute approximate surface area is 144 Å². The van der Waals surface area contributed by atoms with Crippen LogP contribution < -0.4 is 5.32 Å². The predicted molar refractivity (Wildman–Crippen MR) is 101 cm³/mol. The Morgan fingerprint density at radius 1 is 0.826 bits per heavy atom. The van der Waals surface area contributed by atoms with E-state index in [1.165, 1.54) is 90.8 Å². The summed E-state index contributed by atoms with van der Waals surface area (Å²) in [6.07, 6.45) is 10.1. The van der Waals surface area contributed by atoms with Gasteiger partial charge in [-0.25, -0.2) is 0 Å². The summed E-state index contributed by atoms with van der Waals surface area (Å²) >= 11 is 0.